The van der Waals surface area contributed by atoms with Crippen LogP contribution in [0.2, 0.25) is 0 Å². The molecule has 0 unspecified atom stereocenters. The summed E-state index contributed by atoms with van der Waals surface area (Å²) in [5.41, 5.74) is 0.830. The van der Waals surface area contributed by atoms with Gasteiger partial charge in [-0.3, -0.25) is 9.59 Å². The Bertz CT molecular complexity index is 396. The number of hydrogen-bond acceptors (Lipinski definition) is 3. The van der Waals surface area contributed by atoms with E-state index in [0.29, 0.717) is 16.9 Å². The standard InChI is InChI=1S/C11H12O4/c1-7(12)11-8(6-10(13)14)4-3-5-9(11)15-2/h3-5H,6H2,1-2H3,(H,13,14). The highest BCUT2D eigenvalue weighted by atomic mass is 16.5. The minimum absolute atomic E-state index is 0.174. The third-order valence-electron chi connectivity index (χ3n) is 2.03. The molecule has 4 nitrogen and oxygen atoms in total. The predicted molar refractivity (Wildman–Crippen MR) is 54.3 cm³/mol. The van der Waals surface area contributed by atoms with Gasteiger partial charge in [0.15, 0.2) is 5.78 Å². The second-order valence-electron chi connectivity index (χ2n) is 3.12. The molecule has 1 aromatic carbocycles. The van der Waals surface area contributed by atoms with Crippen LogP contribution in [0.4, 0.5) is 0 Å². The highest BCUT2D eigenvalue weighted by molar-refractivity contribution is 5.99. The van der Waals surface area contributed by atoms with Crippen molar-refractivity contribution in [3.8, 4) is 5.75 Å². The van der Waals surface area contributed by atoms with Crippen LogP contribution in [-0.4, -0.2) is 24.0 Å². The molecule has 0 aliphatic heterocycles. The van der Waals surface area contributed by atoms with Gasteiger partial charge in [0.2, 0.25) is 0 Å². The highest BCUT2D eigenvalue weighted by Gasteiger charge is 2.15. The van der Waals surface area contributed by atoms with Crippen molar-refractivity contribution in [2.45, 2.75) is 13.3 Å². The van der Waals surface area contributed by atoms with Crippen molar-refractivity contribution in [1.29, 1.82) is 0 Å². The van der Waals surface area contributed by atoms with Crippen molar-refractivity contribution in [1.82, 2.24) is 0 Å². The minimum Gasteiger partial charge on any atom is -0.496 e. The number of ether oxygens (including phenoxy) is 1. The molecule has 0 bridgehead atoms. The summed E-state index contributed by atoms with van der Waals surface area (Å²) in [6.45, 7) is 1.39. The SMILES string of the molecule is COc1cccc(CC(=O)O)c1C(C)=O. The molecule has 1 rings (SSSR count). The van der Waals surface area contributed by atoms with Gasteiger partial charge >= 0.3 is 5.97 Å². The van der Waals surface area contributed by atoms with E-state index < -0.39 is 5.97 Å². The Morgan fingerprint density at radius 2 is 2.07 bits per heavy atom. The first-order valence-electron chi connectivity index (χ1n) is 4.45. The molecule has 1 N–H and O–H groups in total. The molecule has 0 amide bonds. The number of rotatable bonds is 4. The molecule has 15 heavy (non-hydrogen) atoms. The summed E-state index contributed by atoms with van der Waals surface area (Å²) in [5, 5.41) is 8.68. The largest absolute Gasteiger partial charge is 0.496 e. The maximum absolute atomic E-state index is 11.4. The number of hydrogen-bond donors (Lipinski definition) is 1. The molecule has 4 heteroatoms. The molecule has 1 aromatic rings. The molecule has 0 radical (unpaired) electrons. The fourth-order valence-electron chi connectivity index (χ4n) is 1.46. The van der Waals surface area contributed by atoms with E-state index in [9.17, 15) is 9.59 Å². The molecule has 0 aliphatic rings. The molecule has 0 aliphatic carbocycles. The summed E-state index contributed by atoms with van der Waals surface area (Å²) in [6, 6.07) is 4.93. The van der Waals surface area contributed by atoms with Gasteiger partial charge in [0, 0.05) is 0 Å². The zero-order valence-electron chi connectivity index (χ0n) is 8.61. The number of ketones is 1. The molecular formula is C11H12O4. The number of carboxylic acid groups (broad SMARTS) is 1. The van der Waals surface area contributed by atoms with Gasteiger partial charge in [-0.25, -0.2) is 0 Å². The molecular weight excluding hydrogens is 196 g/mol. The fraction of sp³-hybridized carbons (Fsp3) is 0.273. The maximum atomic E-state index is 11.4. The first-order valence-corrected chi connectivity index (χ1v) is 4.45. The van der Waals surface area contributed by atoms with E-state index in [0.717, 1.165) is 0 Å². The van der Waals surface area contributed by atoms with Crippen molar-refractivity contribution in [3.63, 3.8) is 0 Å². The van der Waals surface area contributed by atoms with Gasteiger partial charge in [-0.15, -0.1) is 0 Å². The van der Waals surface area contributed by atoms with Crippen molar-refractivity contribution in [2.75, 3.05) is 7.11 Å². The molecule has 0 aromatic heterocycles. The number of carboxylic acids is 1. The van der Waals surface area contributed by atoms with Crippen molar-refractivity contribution < 1.29 is 19.4 Å². The summed E-state index contributed by atoms with van der Waals surface area (Å²) in [5.74, 6) is -0.740. The first-order chi connectivity index (χ1) is 7.06. The third kappa shape index (κ3) is 2.56. The van der Waals surface area contributed by atoms with Crippen LogP contribution in [0.5, 0.6) is 5.75 Å². The molecule has 0 heterocycles. The number of benzene rings is 1. The summed E-state index contributed by atoms with van der Waals surface area (Å²) in [7, 11) is 1.45. The van der Waals surface area contributed by atoms with Crippen LogP contribution >= 0.6 is 0 Å². The lowest BCUT2D eigenvalue weighted by molar-refractivity contribution is -0.136. The lowest BCUT2D eigenvalue weighted by Gasteiger charge is -2.09. The summed E-state index contributed by atoms with van der Waals surface area (Å²) < 4.78 is 5.02. The Labute approximate surface area is 87.5 Å². The molecule has 0 saturated heterocycles. The van der Waals surface area contributed by atoms with Gasteiger partial charge in [-0.05, 0) is 18.6 Å². The van der Waals surface area contributed by atoms with Gasteiger partial charge in [0.25, 0.3) is 0 Å². The smallest absolute Gasteiger partial charge is 0.307 e. The van der Waals surface area contributed by atoms with Crippen LogP contribution < -0.4 is 4.74 Å². The first kappa shape index (κ1) is 11.2. The van der Waals surface area contributed by atoms with Gasteiger partial charge < -0.3 is 9.84 Å². The van der Waals surface area contributed by atoms with Crippen molar-refractivity contribution in [3.05, 3.63) is 29.3 Å². The molecule has 0 spiro atoms. The molecule has 0 saturated carbocycles. The Morgan fingerprint density at radius 3 is 2.53 bits per heavy atom. The maximum Gasteiger partial charge on any atom is 0.307 e. The number of Topliss-reactive ketones (excluding diaryl/α,β-unsaturated/α-hetero) is 1. The number of carbonyl (C=O) groups excluding carboxylic acids is 1. The van der Waals surface area contributed by atoms with Crippen molar-refractivity contribution >= 4 is 11.8 Å². The Morgan fingerprint density at radius 1 is 1.40 bits per heavy atom. The van der Waals surface area contributed by atoms with E-state index in [-0.39, 0.29) is 12.2 Å². The summed E-state index contributed by atoms with van der Waals surface area (Å²) in [4.78, 5) is 21.9. The Hall–Kier alpha value is -1.84. The van der Waals surface area contributed by atoms with Crippen LogP contribution in [-0.2, 0) is 11.2 Å². The monoisotopic (exact) mass is 208 g/mol. The fourth-order valence-corrected chi connectivity index (χ4v) is 1.46. The topological polar surface area (TPSA) is 63.6 Å². The third-order valence-corrected chi connectivity index (χ3v) is 2.03. The van der Waals surface area contributed by atoms with Crippen LogP contribution in [0.25, 0.3) is 0 Å². The summed E-state index contributed by atoms with van der Waals surface area (Å²) in [6.07, 6.45) is -0.174. The highest BCUT2D eigenvalue weighted by Crippen LogP contribution is 2.23. The van der Waals surface area contributed by atoms with E-state index in [1.54, 1.807) is 18.2 Å². The zero-order chi connectivity index (χ0) is 11.4. The number of aliphatic carboxylic acids is 1. The predicted octanol–water partition coefficient (Wildman–Crippen LogP) is 1.52. The lowest BCUT2D eigenvalue weighted by atomic mass is 10.0. The van der Waals surface area contributed by atoms with E-state index in [4.69, 9.17) is 9.84 Å². The Balaban J connectivity index is 3.25. The van der Waals surface area contributed by atoms with E-state index in [1.165, 1.54) is 14.0 Å². The summed E-state index contributed by atoms with van der Waals surface area (Å²) >= 11 is 0. The van der Waals surface area contributed by atoms with Gasteiger partial charge in [0.1, 0.15) is 5.75 Å². The van der Waals surface area contributed by atoms with E-state index >= 15 is 0 Å². The molecule has 0 atom stereocenters. The van der Waals surface area contributed by atoms with Crippen molar-refractivity contribution in [2.24, 2.45) is 0 Å². The van der Waals surface area contributed by atoms with E-state index in [2.05, 4.69) is 0 Å². The second kappa shape index (κ2) is 4.59. The average molecular weight is 208 g/mol. The van der Waals surface area contributed by atoms with Crippen LogP contribution in [0.15, 0.2) is 18.2 Å². The van der Waals surface area contributed by atoms with Crippen LogP contribution in [0.3, 0.4) is 0 Å². The second-order valence-corrected chi connectivity index (χ2v) is 3.12. The van der Waals surface area contributed by atoms with Crippen LogP contribution in [0, 0.1) is 0 Å². The number of methoxy groups -OCH3 is 1. The normalized spacial score (nSPS) is 9.73. The van der Waals surface area contributed by atoms with Gasteiger partial charge in [-0.2, -0.15) is 0 Å². The quantitative estimate of drug-likeness (QED) is 0.762. The van der Waals surface area contributed by atoms with Crippen LogP contribution in [0.1, 0.15) is 22.8 Å². The average Bonchev–Trinajstić information content (AvgIpc) is 2.15. The Kier molecular flexibility index (Phi) is 3.44. The minimum atomic E-state index is -0.967. The van der Waals surface area contributed by atoms with Gasteiger partial charge in [-0.1, -0.05) is 12.1 Å². The van der Waals surface area contributed by atoms with E-state index in [1.807, 2.05) is 0 Å². The van der Waals surface area contributed by atoms with Gasteiger partial charge in [0.05, 0.1) is 19.1 Å². The zero-order valence-corrected chi connectivity index (χ0v) is 8.61. The number of carbonyl (C=O) groups is 2. The lowest BCUT2D eigenvalue weighted by Crippen LogP contribution is -2.08. The molecule has 80 valence electrons. The molecule has 0 fully saturated rings.